The molecule has 27 heavy (non-hydrogen) atoms. The van der Waals surface area contributed by atoms with Crippen molar-refractivity contribution >= 4 is 22.9 Å². The predicted molar refractivity (Wildman–Crippen MR) is 96.2 cm³/mol. The zero-order valence-corrected chi connectivity index (χ0v) is 13.9. The van der Waals surface area contributed by atoms with Crippen molar-refractivity contribution in [2.24, 2.45) is 5.16 Å². The summed E-state index contributed by atoms with van der Waals surface area (Å²) in [6.45, 7) is 0.355. The van der Waals surface area contributed by atoms with E-state index in [-0.39, 0.29) is 5.69 Å². The largest absolute Gasteiger partial charge is 0.411 e. The van der Waals surface area contributed by atoms with Crippen molar-refractivity contribution < 1.29 is 10.1 Å². The van der Waals surface area contributed by atoms with Crippen molar-refractivity contribution in [3.05, 3.63) is 76.4 Å². The first kappa shape index (κ1) is 16.4. The standard InChI is InChI=1S/C17H13N7O3/c25-19-8-12-9-22(17-14(12)4-3-7-18-17)10-13-11-23(21-20-13)15-5-1-2-6-16(15)24(26)27/h1-9,11,25H,10H2/b19-8+. The molecule has 1 aromatic carbocycles. The minimum absolute atomic E-state index is 0.0523. The van der Waals surface area contributed by atoms with Gasteiger partial charge in [0, 0.05) is 29.4 Å². The lowest BCUT2D eigenvalue weighted by Gasteiger charge is -2.02. The second kappa shape index (κ2) is 6.67. The Morgan fingerprint density at radius 3 is 2.89 bits per heavy atom. The minimum Gasteiger partial charge on any atom is -0.411 e. The molecule has 0 amide bonds. The van der Waals surface area contributed by atoms with Gasteiger partial charge in [0.05, 0.1) is 23.9 Å². The molecule has 0 fully saturated rings. The van der Waals surface area contributed by atoms with Crippen LogP contribution in [0.4, 0.5) is 5.69 Å². The zero-order chi connectivity index (χ0) is 18.8. The summed E-state index contributed by atoms with van der Waals surface area (Å²) in [5.41, 5.74) is 2.30. The van der Waals surface area contributed by atoms with Crippen LogP contribution in [0, 0.1) is 10.1 Å². The first-order valence-electron chi connectivity index (χ1n) is 7.93. The summed E-state index contributed by atoms with van der Waals surface area (Å²) in [7, 11) is 0. The summed E-state index contributed by atoms with van der Waals surface area (Å²) >= 11 is 0. The lowest BCUT2D eigenvalue weighted by Crippen LogP contribution is -2.00. The van der Waals surface area contributed by atoms with E-state index in [1.54, 1.807) is 42.9 Å². The maximum absolute atomic E-state index is 11.2. The molecule has 0 spiro atoms. The highest BCUT2D eigenvalue weighted by Gasteiger charge is 2.16. The van der Waals surface area contributed by atoms with Gasteiger partial charge in [-0.25, -0.2) is 9.67 Å². The number of hydrogen-bond donors (Lipinski definition) is 1. The lowest BCUT2D eigenvalue weighted by atomic mass is 10.2. The molecule has 0 bridgehead atoms. The molecule has 0 radical (unpaired) electrons. The molecule has 0 aliphatic heterocycles. The van der Waals surface area contributed by atoms with E-state index in [0.717, 1.165) is 5.39 Å². The Balaban J connectivity index is 1.70. The Morgan fingerprint density at radius 2 is 2.07 bits per heavy atom. The van der Waals surface area contributed by atoms with Crippen LogP contribution in [-0.2, 0) is 6.54 Å². The van der Waals surface area contributed by atoms with Crippen LogP contribution in [0.3, 0.4) is 0 Å². The van der Waals surface area contributed by atoms with Crippen molar-refractivity contribution in [1.29, 1.82) is 0 Å². The second-order valence-electron chi connectivity index (χ2n) is 5.73. The van der Waals surface area contributed by atoms with Gasteiger partial charge < -0.3 is 9.77 Å². The van der Waals surface area contributed by atoms with Crippen LogP contribution in [0.5, 0.6) is 0 Å². The third-order valence-electron chi connectivity index (χ3n) is 4.06. The van der Waals surface area contributed by atoms with Gasteiger partial charge in [-0.15, -0.1) is 5.10 Å². The van der Waals surface area contributed by atoms with E-state index in [2.05, 4.69) is 20.5 Å². The van der Waals surface area contributed by atoms with Crippen LogP contribution in [-0.4, -0.2) is 40.9 Å². The third kappa shape index (κ3) is 2.99. The molecule has 0 unspecified atom stereocenters. The number of benzene rings is 1. The molecule has 10 nitrogen and oxygen atoms in total. The highest BCUT2D eigenvalue weighted by molar-refractivity contribution is 5.97. The smallest absolute Gasteiger partial charge is 0.294 e. The molecule has 134 valence electrons. The van der Waals surface area contributed by atoms with Gasteiger partial charge in [-0.05, 0) is 18.2 Å². The van der Waals surface area contributed by atoms with Gasteiger partial charge in [-0.3, -0.25) is 10.1 Å². The Labute approximate surface area is 152 Å². The fourth-order valence-corrected chi connectivity index (χ4v) is 2.91. The molecule has 10 heteroatoms. The fourth-order valence-electron chi connectivity index (χ4n) is 2.91. The number of hydrogen-bond acceptors (Lipinski definition) is 7. The maximum atomic E-state index is 11.2. The second-order valence-corrected chi connectivity index (χ2v) is 5.73. The van der Waals surface area contributed by atoms with E-state index in [0.29, 0.717) is 29.1 Å². The number of nitro benzene ring substituents is 1. The van der Waals surface area contributed by atoms with Gasteiger partial charge in [0.15, 0.2) is 0 Å². The average molecular weight is 363 g/mol. The molecule has 3 heterocycles. The highest BCUT2D eigenvalue weighted by atomic mass is 16.6. The molecule has 3 aromatic heterocycles. The van der Waals surface area contributed by atoms with Gasteiger partial charge >= 0.3 is 0 Å². The van der Waals surface area contributed by atoms with Gasteiger partial charge in [-0.2, -0.15) is 0 Å². The SMILES string of the molecule is O=[N+]([O-])c1ccccc1-n1cc(Cn2cc(/C=N/O)c3cccnc32)nn1. The summed E-state index contributed by atoms with van der Waals surface area (Å²) in [5, 5.41) is 32.1. The summed E-state index contributed by atoms with van der Waals surface area (Å²) in [4.78, 5) is 15.1. The van der Waals surface area contributed by atoms with Crippen LogP contribution in [0.25, 0.3) is 16.7 Å². The summed E-state index contributed by atoms with van der Waals surface area (Å²) in [6.07, 6.45) is 6.44. The number of oxime groups is 1. The number of para-hydroxylation sites is 2. The number of pyridine rings is 1. The summed E-state index contributed by atoms with van der Waals surface area (Å²) < 4.78 is 3.22. The monoisotopic (exact) mass is 363 g/mol. The molecule has 0 saturated heterocycles. The molecule has 0 aliphatic rings. The van der Waals surface area contributed by atoms with Gasteiger partial charge in [0.25, 0.3) is 5.69 Å². The van der Waals surface area contributed by atoms with Crippen LogP contribution in [0.1, 0.15) is 11.3 Å². The Kier molecular flexibility index (Phi) is 4.05. The van der Waals surface area contributed by atoms with Crippen LogP contribution >= 0.6 is 0 Å². The van der Waals surface area contributed by atoms with Crippen molar-refractivity contribution in [2.45, 2.75) is 6.54 Å². The van der Waals surface area contributed by atoms with E-state index in [9.17, 15) is 10.1 Å². The number of nitro groups is 1. The number of aromatic nitrogens is 5. The van der Waals surface area contributed by atoms with Crippen molar-refractivity contribution in [3.8, 4) is 5.69 Å². The van der Waals surface area contributed by atoms with Crippen molar-refractivity contribution in [2.75, 3.05) is 0 Å². The zero-order valence-electron chi connectivity index (χ0n) is 13.9. The van der Waals surface area contributed by atoms with E-state index >= 15 is 0 Å². The van der Waals surface area contributed by atoms with E-state index < -0.39 is 4.92 Å². The first-order valence-corrected chi connectivity index (χ1v) is 7.93. The van der Waals surface area contributed by atoms with Crippen molar-refractivity contribution in [3.63, 3.8) is 0 Å². The van der Waals surface area contributed by atoms with Gasteiger partial charge in [-0.1, -0.05) is 22.5 Å². The van der Waals surface area contributed by atoms with E-state index in [4.69, 9.17) is 5.21 Å². The molecule has 1 N–H and O–H groups in total. The maximum Gasteiger partial charge on any atom is 0.294 e. The fraction of sp³-hybridized carbons (Fsp3) is 0.0588. The van der Waals surface area contributed by atoms with Gasteiger partial charge in [0.1, 0.15) is 17.0 Å². The number of fused-ring (bicyclic) bond motifs is 1. The summed E-state index contributed by atoms with van der Waals surface area (Å²) in [6, 6.07) is 10.0. The van der Waals surface area contributed by atoms with Crippen LogP contribution < -0.4 is 0 Å². The normalized spacial score (nSPS) is 11.4. The topological polar surface area (TPSA) is 124 Å². The Hall–Kier alpha value is -4.08. The molecule has 4 rings (SSSR count). The van der Waals surface area contributed by atoms with E-state index in [1.807, 2.05) is 10.6 Å². The quantitative estimate of drug-likeness (QED) is 0.251. The van der Waals surface area contributed by atoms with Crippen LogP contribution in [0.15, 0.2) is 60.1 Å². The Bertz CT molecular complexity index is 1160. The Morgan fingerprint density at radius 1 is 1.22 bits per heavy atom. The molecule has 0 saturated carbocycles. The minimum atomic E-state index is -0.458. The third-order valence-corrected chi connectivity index (χ3v) is 4.06. The molecule has 0 aliphatic carbocycles. The molecular formula is C17H13N7O3. The number of nitrogens with zero attached hydrogens (tertiary/aromatic N) is 7. The lowest BCUT2D eigenvalue weighted by molar-refractivity contribution is -0.384. The highest BCUT2D eigenvalue weighted by Crippen LogP contribution is 2.22. The van der Waals surface area contributed by atoms with E-state index in [1.165, 1.54) is 17.0 Å². The average Bonchev–Trinajstić information content (AvgIpc) is 3.28. The van der Waals surface area contributed by atoms with Gasteiger partial charge in [0.2, 0.25) is 0 Å². The molecular weight excluding hydrogens is 350 g/mol. The molecule has 4 aromatic rings. The van der Waals surface area contributed by atoms with Crippen molar-refractivity contribution in [1.82, 2.24) is 24.5 Å². The molecule has 0 atom stereocenters. The first-order chi connectivity index (χ1) is 13.2. The number of rotatable bonds is 5. The van der Waals surface area contributed by atoms with Crippen LogP contribution in [0.2, 0.25) is 0 Å². The predicted octanol–water partition coefficient (Wildman–Crippen LogP) is 2.38. The summed E-state index contributed by atoms with van der Waals surface area (Å²) in [5.74, 6) is 0.